The number of hydrogen-bond donors (Lipinski definition) is 4. The zero-order valence-corrected chi connectivity index (χ0v) is 19.2. The number of carbonyl (C=O) groups is 2. The summed E-state index contributed by atoms with van der Waals surface area (Å²) in [5, 5.41) is 16.8. The molecule has 0 saturated carbocycles. The molecule has 1 atom stereocenters. The summed E-state index contributed by atoms with van der Waals surface area (Å²) in [7, 11) is 1.44. The highest BCUT2D eigenvalue weighted by Crippen LogP contribution is 2.31. The minimum Gasteiger partial charge on any atom is -0.504 e. The number of aromatic amines is 1. The van der Waals surface area contributed by atoms with Crippen LogP contribution in [0.3, 0.4) is 0 Å². The fourth-order valence-corrected chi connectivity index (χ4v) is 3.21. The van der Waals surface area contributed by atoms with Gasteiger partial charge in [0.1, 0.15) is 12.6 Å². The number of aromatic hydroxyl groups is 1. The quantitative estimate of drug-likeness (QED) is 0.190. The van der Waals surface area contributed by atoms with E-state index in [1.54, 1.807) is 24.4 Å². The Morgan fingerprint density at radius 1 is 1.29 bits per heavy atom. The second-order valence-electron chi connectivity index (χ2n) is 7.50. The maximum atomic E-state index is 12.8. The molecule has 10 nitrogen and oxygen atoms in total. The lowest BCUT2D eigenvalue weighted by Crippen LogP contribution is -2.47. The molecule has 4 N–H and O–H groups in total. The van der Waals surface area contributed by atoms with Crippen LogP contribution in [-0.2, 0) is 29.0 Å². The third kappa shape index (κ3) is 7.46. The molecule has 0 saturated heterocycles. The smallest absolute Gasteiger partial charge is 0.408 e. The Labute approximate surface area is 202 Å². The first-order valence-corrected chi connectivity index (χ1v) is 10.8. The molecule has 0 unspecified atom stereocenters. The number of methoxy groups -OCH3 is 1. The monoisotopic (exact) mass is 477 g/mol. The Bertz CT molecular complexity index is 1160. The third-order valence-electron chi connectivity index (χ3n) is 4.95. The topological polar surface area (TPSA) is 138 Å². The summed E-state index contributed by atoms with van der Waals surface area (Å²) in [5.41, 5.74) is 5.10. The minimum atomic E-state index is -0.971. The van der Waals surface area contributed by atoms with E-state index in [0.29, 0.717) is 23.2 Å². The molecule has 0 radical (unpaired) electrons. The van der Waals surface area contributed by atoms with Crippen LogP contribution in [0.25, 0.3) is 0 Å². The molecule has 35 heavy (non-hydrogen) atoms. The number of allylic oxidation sites excluding steroid dienone is 1. The summed E-state index contributed by atoms with van der Waals surface area (Å²) in [5.74, 6) is -0.256. The number of nitrogens with one attached hydrogen (secondary N) is 3. The van der Waals surface area contributed by atoms with Crippen molar-refractivity contribution in [1.29, 1.82) is 0 Å². The normalized spacial score (nSPS) is 11.6. The van der Waals surface area contributed by atoms with Gasteiger partial charge in [-0.1, -0.05) is 36.4 Å². The summed E-state index contributed by atoms with van der Waals surface area (Å²) >= 11 is 0. The lowest BCUT2D eigenvalue weighted by Gasteiger charge is -2.16. The fraction of sp³-hybridized carbons (Fsp3) is 0.200. The highest BCUT2D eigenvalue weighted by atomic mass is 16.5. The molecule has 2 amide bonds. The van der Waals surface area contributed by atoms with E-state index < -0.39 is 18.0 Å². The van der Waals surface area contributed by atoms with Gasteiger partial charge in [0.15, 0.2) is 11.5 Å². The third-order valence-corrected chi connectivity index (χ3v) is 4.95. The molecule has 1 aromatic heterocycles. The average Bonchev–Trinajstić information content (AvgIpc) is 3.38. The zero-order chi connectivity index (χ0) is 25.0. The van der Waals surface area contributed by atoms with Gasteiger partial charge in [0.2, 0.25) is 0 Å². The van der Waals surface area contributed by atoms with Crippen LogP contribution in [-0.4, -0.2) is 46.4 Å². The molecule has 1 heterocycles. The Morgan fingerprint density at radius 3 is 2.77 bits per heavy atom. The van der Waals surface area contributed by atoms with Crippen molar-refractivity contribution < 1.29 is 24.2 Å². The van der Waals surface area contributed by atoms with E-state index in [1.165, 1.54) is 19.7 Å². The van der Waals surface area contributed by atoms with Gasteiger partial charge < -0.3 is 24.9 Å². The van der Waals surface area contributed by atoms with Crippen LogP contribution in [0, 0.1) is 0 Å². The number of nitrogens with zero attached hydrogens (tertiary/aromatic N) is 2. The summed E-state index contributed by atoms with van der Waals surface area (Å²) in [6.45, 7) is 3.75. The maximum absolute atomic E-state index is 12.8. The van der Waals surface area contributed by atoms with Gasteiger partial charge >= 0.3 is 6.09 Å². The SMILES string of the molecule is C=CCc1cc(/C=N\NC(=O)[C@H](Cc2cnc[nH]2)NC(=O)OCc2ccccc2)cc(OC)c1O. The highest BCUT2D eigenvalue weighted by Gasteiger charge is 2.22. The van der Waals surface area contributed by atoms with Crippen molar-refractivity contribution in [2.24, 2.45) is 5.10 Å². The Kier molecular flexibility index (Phi) is 9.00. The van der Waals surface area contributed by atoms with Crippen molar-refractivity contribution in [2.45, 2.75) is 25.5 Å². The number of rotatable bonds is 11. The second kappa shape index (κ2) is 12.6. The number of carbonyl (C=O) groups excluding carboxylic acids is 2. The van der Waals surface area contributed by atoms with Crippen molar-refractivity contribution in [1.82, 2.24) is 20.7 Å². The van der Waals surface area contributed by atoms with Crippen molar-refractivity contribution in [2.75, 3.05) is 7.11 Å². The number of phenols is 1. The first-order valence-electron chi connectivity index (χ1n) is 10.8. The lowest BCUT2D eigenvalue weighted by atomic mass is 10.1. The van der Waals surface area contributed by atoms with Gasteiger partial charge in [0, 0.05) is 23.9 Å². The van der Waals surface area contributed by atoms with Crippen LogP contribution in [0.4, 0.5) is 4.79 Å². The van der Waals surface area contributed by atoms with E-state index in [0.717, 1.165) is 5.56 Å². The number of alkyl carbamates (subject to hydrolysis) is 1. The van der Waals surface area contributed by atoms with Crippen LogP contribution >= 0.6 is 0 Å². The van der Waals surface area contributed by atoms with Gasteiger partial charge in [-0.15, -0.1) is 6.58 Å². The van der Waals surface area contributed by atoms with E-state index in [4.69, 9.17) is 9.47 Å². The molecule has 3 rings (SSSR count). The first-order chi connectivity index (χ1) is 17.0. The standard InChI is InChI=1S/C25H27N5O5/c1-3-7-19-10-18(11-22(34-2)23(19)31)13-28-30-24(32)21(12-20-14-26-16-27-20)29-25(33)35-15-17-8-5-4-6-9-17/h3-6,8-11,13-14,16,21,31H,1,7,12,15H2,2H3,(H,26,27)(H,29,33)(H,30,32)/b28-13-/t21-/m0/s1. The van der Waals surface area contributed by atoms with Crippen molar-refractivity contribution in [3.8, 4) is 11.5 Å². The summed E-state index contributed by atoms with van der Waals surface area (Å²) in [6.07, 6.45) is 5.94. The molecule has 0 aliphatic heterocycles. The van der Waals surface area contributed by atoms with Crippen LogP contribution in [0.2, 0.25) is 0 Å². The van der Waals surface area contributed by atoms with E-state index >= 15 is 0 Å². The molecule has 0 aliphatic rings. The number of H-pyrrole nitrogens is 1. The van der Waals surface area contributed by atoms with Crippen LogP contribution in [0.5, 0.6) is 11.5 Å². The van der Waals surface area contributed by atoms with Crippen molar-refractivity contribution in [3.63, 3.8) is 0 Å². The van der Waals surface area contributed by atoms with Gasteiger partial charge in [-0.05, 0) is 29.7 Å². The molecule has 10 heteroatoms. The van der Waals surface area contributed by atoms with E-state index in [2.05, 4.69) is 32.4 Å². The van der Waals surface area contributed by atoms with Crippen molar-refractivity contribution >= 4 is 18.2 Å². The van der Waals surface area contributed by atoms with Crippen LogP contribution < -0.4 is 15.5 Å². The Morgan fingerprint density at radius 2 is 2.09 bits per heavy atom. The van der Waals surface area contributed by atoms with Crippen LogP contribution in [0.15, 0.2) is 72.7 Å². The summed E-state index contributed by atoms with van der Waals surface area (Å²) in [4.78, 5) is 32.0. The summed E-state index contributed by atoms with van der Waals surface area (Å²) < 4.78 is 10.4. The van der Waals surface area contributed by atoms with E-state index in [1.807, 2.05) is 30.3 Å². The van der Waals surface area contributed by atoms with Crippen molar-refractivity contribution in [3.05, 3.63) is 90.0 Å². The molecule has 0 spiro atoms. The van der Waals surface area contributed by atoms with E-state index in [-0.39, 0.29) is 24.5 Å². The highest BCUT2D eigenvalue weighted by molar-refractivity contribution is 5.88. The molecular formula is C25H27N5O5. The number of amides is 2. The molecule has 2 aromatic carbocycles. The zero-order valence-electron chi connectivity index (χ0n) is 19.2. The number of phenolic OH excluding ortho intramolecular Hbond substituents is 1. The first kappa shape index (κ1) is 25.0. The number of benzene rings is 2. The molecule has 3 aromatic rings. The Hall–Kier alpha value is -4.60. The van der Waals surface area contributed by atoms with Crippen LogP contribution in [0.1, 0.15) is 22.4 Å². The summed E-state index contributed by atoms with van der Waals surface area (Å²) in [6, 6.07) is 11.5. The number of ether oxygens (including phenoxy) is 2. The molecular weight excluding hydrogens is 450 g/mol. The Balaban J connectivity index is 1.66. The molecule has 0 bridgehead atoms. The largest absolute Gasteiger partial charge is 0.504 e. The second-order valence-corrected chi connectivity index (χ2v) is 7.50. The molecule has 0 aliphatic carbocycles. The van der Waals surface area contributed by atoms with Gasteiger partial charge in [0.05, 0.1) is 19.7 Å². The maximum Gasteiger partial charge on any atom is 0.408 e. The molecule has 182 valence electrons. The van der Waals surface area contributed by atoms with Gasteiger partial charge in [-0.3, -0.25) is 4.79 Å². The lowest BCUT2D eigenvalue weighted by molar-refractivity contribution is -0.123. The van der Waals surface area contributed by atoms with Gasteiger partial charge in [-0.2, -0.15) is 5.10 Å². The van der Waals surface area contributed by atoms with Gasteiger partial charge in [0.25, 0.3) is 5.91 Å². The number of imidazole rings is 1. The average molecular weight is 478 g/mol. The van der Waals surface area contributed by atoms with Gasteiger partial charge in [-0.25, -0.2) is 15.2 Å². The van der Waals surface area contributed by atoms with E-state index in [9.17, 15) is 14.7 Å². The number of hydrazone groups is 1. The minimum absolute atomic E-state index is 0.0198. The predicted octanol–water partition coefficient (Wildman–Crippen LogP) is 2.84. The number of aromatic nitrogens is 2. The molecule has 0 fully saturated rings. The predicted molar refractivity (Wildman–Crippen MR) is 130 cm³/mol. The number of hydrogen-bond acceptors (Lipinski definition) is 7. The fourth-order valence-electron chi connectivity index (χ4n) is 3.21.